The molecule has 1 aliphatic rings. The zero-order valence-electron chi connectivity index (χ0n) is 17.9. The van der Waals surface area contributed by atoms with Gasteiger partial charge in [-0.1, -0.05) is 19.9 Å². The highest BCUT2D eigenvalue weighted by molar-refractivity contribution is 5.92. The number of piperidine rings is 1. The van der Waals surface area contributed by atoms with Gasteiger partial charge in [0.15, 0.2) is 0 Å². The number of benzene rings is 1. The Morgan fingerprint density at radius 1 is 1.27 bits per heavy atom. The number of amides is 1. The summed E-state index contributed by atoms with van der Waals surface area (Å²) in [6.45, 7) is 14.9. The number of aromatic nitrogens is 2. The van der Waals surface area contributed by atoms with Crippen LogP contribution in [0.1, 0.15) is 55.3 Å². The number of fused-ring (bicyclic) bond motifs is 1. The molecule has 5 heteroatoms. The zero-order chi connectivity index (χ0) is 21.3. The molecule has 4 rings (SSSR count). The summed E-state index contributed by atoms with van der Waals surface area (Å²) in [6, 6.07) is 11.0. The molecule has 154 valence electrons. The van der Waals surface area contributed by atoms with Gasteiger partial charge in [-0.05, 0) is 67.0 Å². The highest BCUT2D eigenvalue weighted by atomic mass is 16.2. The highest BCUT2D eigenvalue weighted by Gasteiger charge is 2.26. The molecular weight excluding hydrogens is 372 g/mol. The minimum Gasteiger partial charge on any atom is -0.354 e. The van der Waals surface area contributed by atoms with E-state index >= 15 is 0 Å². The molecule has 1 N–H and O–H groups in total. The number of likely N-dealkylation sites (tertiary alicyclic amines) is 1. The predicted octanol–water partition coefficient (Wildman–Crippen LogP) is 5.29. The van der Waals surface area contributed by atoms with Gasteiger partial charge in [0.25, 0.3) is 6.54 Å². The lowest BCUT2D eigenvalue weighted by molar-refractivity contribution is -0.130. The summed E-state index contributed by atoms with van der Waals surface area (Å²) in [5.74, 6) is 0.808. The number of rotatable bonds is 4. The molecule has 1 aromatic carbocycles. The number of carbonyl (C=O) groups excluding carboxylic acids is 1. The second kappa shape index (κ2) is 8.31. The van der Waals surface area contributed by atoms with E-state index < -0.39 is 0 Å². The number of nitrogens with zero attached hydrogens (tertiary/aromatic N) is 3. The lowest BCUT2D eigenvalue weighted by Gasteiger charge is -2.31. The van der Waals surface area contributed by atoms with Crippen LogP contribution in [-0.4, -0.2) is 40.4 Å². The SMILES string of the molecule is [C-]#[N+]CC(=O)N1CCC(c2ccc3[nH]c(-c4ccnc(C)c4)c(C(C)C)c3c2)CC1. The molecule has 0 unspecified atom stereocenters. The molecule has 3 heterocycles. The summed E-state index contributed by atoms with van der Waals surface area (Å²) in [6.07, 6.45) is 3.77. The molecule has 5 nitrogen and oxygen atoms in total. The van der Waals surface area contributed by atoms with Crippen LogP contribution in [0.2, 0.25) is 0 Å². The molecule has 2 aromatic heterocycles. The summed E-state index contributed by atoms with van der Waals surface area (Å²) in [4.78, 5) is 25.1. The summed E-state index contributed by atoms with van der Waals surface area (Å²) < 4.78 is 0. The molecule has 0 radical (unpaired) electrons. The van der Waals surface area contributed by atoms with Crippen molar-refractivity contribution in [2.75, 3.05) is 19.6 Å². The maximum absolute atomic E-state index is 12.0. The normalized spacial score (nSPS) is 15.0. The van der Waals surface area contributed by atoms with E-state index in [1.54, 1.807) is 0 Å². The number of pyridine rings is 1. The molecule has 30 heavy (non-hydrogen) atoms. The Labute approximate surface area is 177 Å². The number of hydrogen-bond donors (Lipinski definition) is 1. The Morgan fingerprint density at radius 3 is 2.70 bits per heavy atom. The highest BCUT2D eigenvalue weighted by Crippen LogP contribution is 2.38. The molecule has 1 fully saturated rings. The number of aryl methyl sites for hydroxylation is 1. The monoisotopic (exact) mass is 400 g/mol. The molecular formula is C25H28N4O. The predicted molar refractivity (Wildman–Crippen MR) is 120 cm³/mol. The fourth-order valence-electron chi connectivity index (χ4n) is 4.64. The second-order valence-electron chi connectivity index (χ2n) is 8.53. The van der Waals surface area contributed by atoms with E-state index in [0.717, 1.165) is 37.1 Å². The average molecular weight is 401 g/mol. The van der Waals surface area contributed by atoms with E-state index in [1.165, 1.54) is 27.8 Å². The number of hydrogen-bond acceptors (Lipinski definition) is 2. The van der Waals surface area contributed by atoms with Gasteiger partial charge in [0, 0.05) is 41.4 Å². The third-order valence-electron chi connectivity index (χ3n) is 6.16. The van der Waals surface area contributed by atoms with Crippen LogP contribution in [0.4, 0.5) is 0 Å². The van der Waals surface area contributed by atoms with Gasteiger partial charge < -0.3 is 14.7 Å². The summed E-state index contributed by atoms with van der Waals surface area (Å²) >= 11 is 0. The Hall–Kier alpha value is -3.13. The number of aromatic amines is 1. The third kappa shape index (κ3) is 3.82. The molecule has 0 aliphatic carbocycles. The molecule has 0 bridgehead atoms. The molecule has 0 spiro atoms. The fourth-order valence-corrected chi connectivity index (χ4v) is 4.64. The van der Waals surface area contributed by atoms with Crippen molar-refractivity contribution < 1.29 is 4.79 Å². The smallest absolute Gasteiger partial charge is 0.302 e. The van der Waals surface area contributed by atoms with Crippen molar-refractivity contribution in [3.05, 3.63) is 64.8 Å². The first-order valence-corrected chi connectivity index (χ1v) is 10.7. The van der Waals surface area contributed by atoms with E-state index in [2.05, 4.69) is 59.0 Å². The van der Waals surface area contributed by atoms with E-state index in [1.807, 2.05) is 18.0 Å². The van der Waals surface area contributed by atoms with Gasteiger partial charge in [-0.25, -0.2) is 6.57 Å². The van der Waals surface area contributed by atoms with Crippen molar-refractivity contribution >= 4 is 16.8 Å². The van der Waals surface area contributed by atoms with Gasteiger partial charge in [-0.2, -0.15) is 0 Å². The van der Waals surface area contributed by atoms with Crippen LogP contribution in [0, 0.1) is 13.5 Å². The fraction of sp³-hybridized carbons (Fsp3) is 0.400. The van der Waals surface area contributed by atoms with E-state index in [-0.39, 0.29) is 12.5 Å². The van der Waals surface area contributed by atoms with Crippen LogP contribution in [0.3, 0.4) is 0 Å². The average Bonchev–Trinajstić information content (AvgIpc) is 3.13. The maximum Gasteiger partial charge on any atom is 0.302 e. The van der Waals surface area contributed by atoms with Crippen molar-refractivity contribution in [2.45, 2.75) is 45.4 Å². The van der Waals surface area contributed by atoms with Gasteiger partial charge in [0.1, 0.15) is 0 Å². The quantitative estimate of drug-likeness (QED) is 0.605. The van der Waals surface area contributed by atoms with Crippen molar-refractivity contribution in [2.24, 2.45) is 0 Å². The number of nitrogens with one attached hydrogen (secondary N) is 1. The van der Waals surface area contributed by atoms with Gasteiger partial charge in [-0.3, -0.25) is 9.78 Å². The number of carbonyl (C=O) groups is 1. The summed E-state index contributed by atoms with van der Waals surface area (Å²) in [5.41, 5.74) is 7.23. The second-order valence-corrected chi connectivity index (χ2v) is 8.53. The van der Waals surface area contributed by atoms with Crippen molar-refractivity contribution in [3.8, 4) is 11.3 Å². The Balaban J connectivity index is 1.66. The van der Waals surface area contributed by atoms with Crippen LogP contribution in [-0.2, 0) is 4.79 Å². The van der Waals surface area contributed by atoms with Crippen LogP contribution in [0.5, 0.6) is 0 Å². The lowest BCUT2D eigenvalue weighted by Crippen LogP contribution is -2.38. The van der Waals surface area contributed by atoms with Crippen LogP contribution in [0.15, 0.2) is 36.5 Å². The van der Waals surface area contributed by atoms with Crippen molar-refractivity contribution in [1.82, 2.24) is 14.9 Å². The topological polar surface area (TPSA) is 53.4 Å². The van der Waals surface area contributed by atoms with E-state index in [0.29, 0.717) is 11.8 Å². The van der Waals surface area contributed by atoms with Crippen molar-refractivity contribution in [1.29, 1.82) is 0 Å². The molecule has 3 aromatic rings. The summed E-state index contributed by atoms with van der Waals surface area (Å²) in [7, 11) is 0. The van der Waals surface area contributed by atoms with E-state index in [4.69, 9.17) is 6.57 Å². The van der Waals surface area contributed by atoms with Crippen molar-refractivity contribution in [3.63, 3.8) is 0 Å². The minimum absolute atomic E-state index is 0.0328. The first-order chi connectivity index (χ1) is 14.5. The Bertz CT molecular complexity index is 1110. The van der Waals surface area contributed by atoms with E-state index in [9.17, 15) is 4.79 Å². The first-order valence-electron chi connectivity index (χ1n) is 10.7. The Morgan fingerprint density at radius 2 is 2.03 bits per heavy atom. The van der Waals surface area contributed by atoms with Gasteiger partial charge in [0.2, 0.25) is 0 Å². The van der Waals surface area contributed by atoms with Gasteiger partial charge >= 0.3 is 5.91 Å². The van der Waals surface area contributed by atoms with Crippen LogP contribution in [0.25, 0.3) is 27.0 Å². The minimum atomic E-state index is -0.0380. The summed E-state index contributed by atoms with van der Waals surface area (Å²) in [5, 5.41) is 1.29. The maximum atomic E-state index is 12.0. The van der Waals surface area contributed by atoms with Crippen LogP contribution >= 0.6 is 0 Å². The lowest BCUT2D eigenvalue weighted by atomic mass is 9.87. The van der Waals surface area contributed by atoms with Gasteiger partial charge in [0.05, 0.1) is 5.69 Å². The van der Waals surface area contributed by atoms with Crippen LogP contribution < -0.4 is 0 Å². The molecule has 1 saturated heterocycles. The molecule has 1 amide bonds. The third-order valence-corrected chi connectivity index (χ3v) is 6.16. The van der Waals surface area contributed by atoms with Gasteiger partial charge in [-0.15, -0.1) is 0 Å². The largest absolute Gasteiger partial charge is 0.354 e. The number of H-pyrrole nitrogens is 1. The zero-order valence-corrected chi connectivity index (χ0v) is 17.9. The molecule has 0 atom stereocenters. The molecule has 0 saturated carbocycles. The molecule has 1 aliphatic heterocycles. The Kier molecular flexibility index (Phi) is 5.59. The standard InChI is InChI=1S/C25H28N4O/c1-16(2)24-21-14-19(18-8-11-29(12-9-18)23(30)15-26-4)5-6-22(21)28-25(24)20-7-10-27-17(3)13-20/h5-7,10,13-14,16,18,28H,8-9,11-12,15H2,1-3H3. The first kappa shape index (κ1) is 20.2.